The van der Waals surface area contributed by atoms with E-state index in [1.807, 2.05) is 66.7 Å². The minimum Gasteiger partial charge on any atom is -0.781 e. The largest absolute Gasteiger partial charge is 1.00 e. The average Bonchev–Trinajstić information content (AvgIpc) is 2.75. The minimum absolute atomic E-state index is 0. The summed E-state index contributed by atoms with van der Waals surface area (Å²) in [5.41, 5.74) is 1.18. The van der Waals surface area contributed by atoms with E-state index < -0.39 is 23.8 Å². The van der Waals surface area contributed by atoms with Crippen molar-refractivity contribution in [2.45, 2.75) is 31.1 Å². The molecule has 2 unspecified atom stereocenters. The first-order valence-corrected chi connectivity index (χ1v) is 12.7. The van der Waals surface area contributed by atoms with Crippen molar-refractivity contribution in [1.29, 1.82) is 0 Å². The molecular formula is C23H23K2O7PS. The summed E-state index contributed by atoms with van der Waals surface area (Å²) in [7, 11) is -8.64. The van der Waals surface area contributed by atoms with Crippen LogP contribution >= 0.6 is 8.25 Å². The number of aryl methyl sites for hydroxylation is 1. The van der Waals surface area contributed by atoms with E-state index in [-0.39, 0.29) is 116 Å². The Hall–Kier alpha value is 0.793. The van der Waals surface area contributed by atoms with Gasteiger partial charge in [0.1, 0.15) is 29.9 Å². The summed E-state index contributed by atoms with van der Waals surface area (Å²) in [6, 6.07) is 25.2. The van der Waals surface area contributed by atoms with Crippen LogP contribution in [-0.2, 0) is 32.0 Å². The Kier molecular flexibility index (Phi) is 16.0. The molecule has 11 heteroatoms. The molecule has 7 nitrogen and oxygen atoms in total. The molecule has 3 aromatic carbocycles. The van der Waals surface area contributed by atoms with Crippen molar-refractivity contribution in [3.63, 3.8) is 0 Å². The summed E-state index contributed by atoms with van der Waals surface area (Å²) in [5.74, 6) is 1.36. The summed E-state index contributed by atoms with van der Waals surface area (Å²) in [4.78, 5) is 10.7. The summed E-state index contributed by atoms with van der Waals surface area (Å²) >= 11 is 0. The second kappa shape index (κ2) is 16.6. The van der Waals surface area contributed by atoms with Gasteiger partial charge in [0, 0.05) is 6.42 Å². The normalized spacial score (nSPS) is 12.6. The summed E-state index contributed by atoms with van der Waals surface area (Å²) in [6.45, 7) is 0. The zero-order valence-corrected chi connectivity index (χ0v) is 27.2. The molecule has 0 saturated heterocycles. The van der Waals surface area contributed by atoms with Crippen molar-refractivity contribution in [2.24, 2.45) is 0 Å². The molecule has 34 heavy (non-hydrogen) atoms. The molecule has 0 aliphatic carbocycles. The zero-order valence-electron chi connectivity index (χ0n) is 19.2. The van der Waals surface area contributed by atoms with Crippen LogP contribution in [0.4, 0.5) is 0 Å². The van der Waals surface area contributed by atoms with Gasteiger partial charge in [0.15, 0.2) is 5.44 Å². The number of rotatable bonds is 11. The van der Waals surface area contributed by atoms with E-state index in [1.54, 1.807) is 0 Å². The Morgan fingerprint density at radius 2 is 1.53 bits per heavy atom. The maximum Gasteiger partial charge on any atom is 1.00 e. The maximum absolute atomic E-state index is 11.2. The topological polar surface area (TPSA) is 116 Å². The fourth-order valence-corrected chi connectivity index (χ4v) is 4.79. The van der Waals surface area contributed by atoms with Gasteiger partial charge in [-0.25, -0.2) is 8.42 Å². The van der Waals surface area contributed by atoms with E-state index in [1.165, 1.54) is 5.56 Å². The summed E-state index contributed by atoms with van der Waals surface area (Å²) in [6.07, 6.45) is 1.20. The van der Waals surface area contributed by atoms with Gasteiger partial charge in [-0.1, -0.05) is 60.7 Å². The predicted molar refractivity (Wildman–Crippen MR) is 119 cm³/mol. The SMILES string of the molecule is O=[PH]([O-])OC(CCCc1cccc(Oc2ccccc2Cc2ccccc2)c1)S(=O)(=O)[O-].[K+].[K+]. The van der Waals surface area contributed by atoms with E-state index in [0.717, 1.165) is 23.3 Å². The van der Waals surface area contributed by atoms with Crippen molar-refractivity contribution in [2.75, 3.05) is 0 Å². The maximum atomic E-state index is 11.2. The third kappa shape index (κ3) is 11.5. The van der Waals surface area contributed by atoms with Crippen LogP contribution in [-0.4, -0.2) is 18.4 Å². The van der Waals surface area contributed by atoms with Crippen LogP contribution < -0.4 is 112 Å². The summed E-state index contributed by atoms with van der Waals surface area (Å²) in [5, 5.41) is 0. The second-order valence-corrected chi connectivity index (χ2v) is 9.45. The van der Waals surface area contributed by atoms with Crippen LogP contribution in [0.3, 0.4) is 0 Å². The smallest absolute Gasteiger partial charge is 0.781 e. The molecule has 3 aromatic rings. The Labute approximate surface area is 286 Å². The molecule has 0 aromatic heterocycles. The van der Waals surface area contributed by atoms with E-state index in [2.05, 4.69) is 16.7 Å². The first-order chi connectivity index (χ1) is 15.3. The van der Waals surface area contributed by atoms with Gasteiger partial charge in [-0.2, -0.15) is 0 Å². The third-order valence-electron chi connectivity index (χ3n) is 4.79. The minimum atomic E-state index is -4.87. The van der Waals surface area contributed by atoms with E-state index in [9.17, 15) is 22.4 Å². The fraction of sp³-hybridized carbons (Fsp3) is 0.217. The number of benzene rings is 3. The van der Waals surface area contributed by atoms with Crippen LogP contribution in [0.5, 0.6) is 11.5 Å². The van der Waals surface area contributed by atoms with Crippen molar-refractivity contribution in [3.05, 3.63) is 95.6 Å². The number of para-hydroxylation sites is 1. The molecule has 0 saturated carbocycles. The van der Waals surface area contributed by atoms with Crippen molar-refractivity contribution < 1.29 is 134 Å². The molecule has 0 heterocycles. The van der Waals surface area contributed by atoms with Gasteiger partial charge in [0.25, 0.3) is 0 Å². The van der Waals surface area contributed by atoms with Gasteiger partial charge >= 0.3 is 103 Å². The average molecular weight is 553 g/mol. The number of hydrogen-bond acceptors (Lipinski definition) is 7. The summed E-state index contributed by atoms with van der Waals surface area (Å²) < 4.78 is 54.6. The van der Waals surface area contributed by atoms with Crippen molar-refractivity contribution >= 4 is 18.4 Å². The molecular weight excluding hydrogens is 529 g/mol. The zero-order chi connectivity index (χ0) is 23.0. The van der Waals surface area contributed by atoms with Gasteiger partial charge in [-0.3, -0.25) is 0 Å². The Morgan fingerprint density at radius 1 is 0.882 bits per heavy atom. The molecule has 0 amide bonds. The van der Waals surface area contributed by atoms with E-state index in [4.69, 9.17) is 4.74 Å². The Balaban J connectivity index is 0.00000289. The molecule has 0 radical (unpaired) electrons. The fourth-order valence-electron chi connectivity index (χ4n) is 3.30. The molecule has 170 valence electrons. The molecule has 0 aliphatic heterocycles. The third-order valence-corrected chi connectivity index (χ3v) is 6.41. The van der Waals surface area contributed by atoms with E-state index >= 15 is 0 Å². The van der Waals surface area contributed by atoms with Crippen LogP contribution in [0.1, 0.15) is 29.5 Å². The number of hydrogen-bond donors (Lipinski definition) is 0. The van der Waals surface area contributed by atoms with Gasteiger partial charge in [-0.05, 0) is 54.2 Å². The first kappa shape index (κ1) is 32.8. The van der Waals surface area contributed by atoms with Crippen LogP contribution in [0.25, 0.3) is 0 Å². The molecule has 0 fully saturated rings. The van der Waals surface area contributed by atoms with Crippen molar-refractivity contribution in [3.8, 4) is 11.5 Å². The Bertz CT molecular complexity index is 1160. The van der Waals surface area contributed by atoms with Crippen molar-refractivity contribution in [1.82, 2.24) is 0 Å². The van der Waals surface area contributed by atoms with E-state index in [0.29, 0.717) is 12.2 Å². The molecule has 0 spiro atoms. The van der Waals surface area contributed by atoms with Crippen LogP contribution in [0.2, 0.25) is 0 Å². The van der Waals surface area contributed by atoms with Gasteiger partial charge in [-0.15, -0.1) is 0 Å². The van der Waals surface area contributed by atoms with Gasteiger partial charge in [0.2, 0.25) is 0 Å². The first-order valence-electron chi connectivity index (χ1n) is 10.0. The second-order valence-electron chi connectivity index (χ2n) is 7.20. The number of ether oxygens (including phenoxy) is 1. The standard InChI is InChI=1S/C23H25O7PS.2K/c24-31(25)30-23(32(26,27)28)15-7-11-19-10-6-13-21(17-19)29-22-14-5-4-12-20(22)16-18-8-2-1-3-9-18;;/h1-6,8-10,12-14,17,23,31H,7,11,15-16H2,(H,24,25)(H,26,27,28);;/q;2*+1/p-2. The molecule has 0 N–H and O–H groups in total. The Morgan fingerprint density at radius 3 is 2.21 bits per heavy atom. The monoisotopic (exact) mass is 552 g/mol. The molecule has 0 bridgehead atoms. The van der Waals surface area contributed by atoms with Gasteiger partial charge in [0.05, 0.1) is 0 Å². The van der Waals surface area contributed by atoms with Gasteiger partial charge < -0.3 is 23.3 Å². The predicted octanol–water partition coefficient (Wildman–Crippen LogP) is -1.96. The van der Waals surface area contributed by atoms with Crippen LogP contribution in [0, 0.1) is 0 Å². The molecule has 0 aliphatic rings. The molecule has 3 rings (SSSR count). The molecule has 2 atom stereocenters. The quantitative estimate of drug-likeness (QED) is 0.154. The van der Waals surface area contributed by atoms with Crippen LogP contribution in [0.15, 0.2) is 78.9 Å².